The quantitative estimate of drug-likeness (QED) is 0.596. The molecule has 0 spiro atoms. The molecule has 0 aliphatic carbocycles. The van der Waals surface area contributed by atoms with Crippen molar-refractivity contribution in [1.82, 2.24) is 5.32 Å². The van der Waals surface area contributed by atoms with Crippen LogP contribution in [0.5, 0.6) is 5.75 Å². The number of unbranched alkanes of at least 4 members (excludes halogenated alkanes) is 4. The van der Waals surface area contributed by atoms with Gasteiger partial charge in [-0.1, -0.05) is 39.0 Å². The van der Waals surface area contributed by atoms with E-state index < -0.39 is 0 Å². The molecule has 1 N–H and O–H groups in total. The Morgan fingerprint density at radius 3 is 2.52 bits per heavy atom. The number of hydrogen-bond donors (Lipinski definition) is 1. The zero-order chi connectivity index (χ0) is 15.7. The van der Waals surface area contributed by atoms with E-state index in [9.17, 15) is 4.39 Å². The fraction of sp³-hybridized carbons (Fsp3) is 0.667. The van der Waals surface area contributed by atoms with Gasteiger partial charge in [0.1, 0.15) is 11.6 Å². The molecule has 1 rings (SSSR count). The number of rotatable bonds is 10. The molecule has 2 unspecified atom stereocenters. The molecule has 0 amide bonds. The van der Waals surface area contributed by atoms with E-state index in [-0.39, 0.29) is 11.9 Å². The molecule has 0 fully saturated rings. The van der Waals surface area contributed by atoms with Gasteiger partial charge < -0.3 is 10.1 Å². The Morgan fingerprint density at radius 1 is 1.14 bits per heavy atom. The van der Waals surface area contributed by atoms with Gasteiger partial charge in [0, 0.05) is 17.6 Å². The summed E-state index contributed by atoms with van der Waals surface area (Å²) >= 11 is 0. The highest BCUT2D eigenvalue weighted by Gasteiger charge is 2.14. The number of benzene rings is 1. The lowest BCUT2D eigenvalue weighted by molar-refractivity contribution is 0.388. The molecular formula is C18H30FNO. The Kier molecular flexibility index (Phi) is 8.36. The molecule has 2 nitrogen and oxygen atoms in total. The third-order valence-corrected chi connectivity index (χ3v) is 3.93. The Balaban J connectivity index is 2.45. The number of ether oxygens (including phenoxy) is 1. The summed E-state index contributed by atoms with van der Waals surface area (Å²) in [4.78, 5) is 0. The van der Waals surface area contributed by atoms with Crippen molar-refractivity contribution in [3.8, 4) is 5.75 Å². The fourth-order valence-electron chi connectivity index (χ4n) is 2.70. The number of nitrogens with one attached hydrogen (secondary N) is 1. The average Bonchev–Trinajstić information content (AvgIpc) is 2.47. The van der Waals surface area contributed by atoms with Gasteiger partial charge in [0.15, 0.2) is 0 Å². The van der Waals surface area contributed by atoms with E-state index in [4.69, 9.17) is 4.74 Å². The van der Waals surface area contributed by atoms with Crippen LogP contribution in [0.15, 0.2) is 18.2 Å². The standard InChI is InChI=1S/C18H30FNO/c1-5-6-7-8-9-10-14(2)20-15(3)17-13-16(19)11-12-18(17)21-4/h11-15,20H,5-10H2,1-4H3. The highest BCUT2D eigenvalue weighted by atomic mass is 19.1. The van der Waals surface area contributed by atoms with Crippen molar-refractivity contribution in [2.45, 2.75) is 71.4 Å². The van der Waals surface area contributed by atoms with E-state index in [1.54, 1.807) is 19.2 Å². The van der Waals surface area contributed by atoms with Gasteiger partial charge in [0.2, 0.25) is 0 Å². The molecule has 0 aliphatic rings. The van der Waals surface area contributed by atoms with Gasteiger partial charge in [0.25, 0.3) is 0 Å². The van der Waals surface area contributed by atoms with Crippen LogP contribution in [0.25, 0.3) is 0 Å². The van der Waals surface area contributed by atoms with Crippen molar-refractivity contribution in [3.63, 3.8) is 0 Å². The first-order chi connectivity index (χ1) is 10.1. The second kappa shape index (κ2) is 9.78. The summed E-state index contributed by atoms with van der Waals surface area (Å²) in [6.07, 6.45) is 7.66. The Hall–Kier alpha value is -1.09. The maximum Gasteiger partial charge on any atom is 0.123 e. The third-order valence-electron chi connectivity index (χ3n) is 3.93. The van der Waals surface area contributed by atoms with Gasteiger partial charge in [-0.15, -0.1) is 0 Å². The molecule has 0 aliphatic heterocycles. The van der Waals surface area contributed by atoms with E-state index in [2.05, 4.69) is 26.1 Å². The molecular weight excluding hydrogens is 265 g/mol. The maximum atomic E-state index is 13.4. The number of halogens is 1. The van der Waals surface area contributed by atoms with Crippen molar-refractivity contribution in [3.05, 3.63) is 29.6 Å². The lowest BCUT2D eigenvalue weighted by Crippen LogP contribution is -2.29. The molecule has 0 saturated carbocycles. The molecule has 120 valence electrons. The van der Waals surface area contributed by atoms with Crippen LogP contribution in [-0.4, -0.2) is 13.2 Å². The molecule has 21 heavy (non-hydrogen) atoms. The van der Waals surface area contributed by atoms with E-state index >= 15 is 0 Å². The van der Waals surface area contributed by atoms with Gasteiger partial charge in [-0.25, -0.2) is 4.39 Å². The minimum absolute atomic E-state index is 0.0845. The largest absolute Gasteiger partial charge is 0.496 e. The van der Waals surface area contributed by atoms with Crippen molar-refractivity contribution in [2.75, 3.05) is 7.11 Å². The van der Waals surface area contributed by atoms with Crippen LogP contribution in [-0.2, 0) is 0 Å². The molecule has 0 saturated heterocycles. The second-order valence-electron chi connectivity index (χ2n) is 5.88. The van der Waals surface area contributed by atoms with Crippen LogP contribution >= 0.6 is 0 Å². The SMILES string of the molecule is CCCCCCCC(C)NC(C)c1cc(F)ccc1OC. The first-order valence-electron chi connectivity index (χ1n) is 8.18. The minimum Gasteiger partial charge on any atom is -0.496 e. The lowest BCUT2D eigenvalue weighted by Gasteiger charge is -2.22. The summed E-state index contributed by atoms with van der Waals surface area (Å²) in [5, 5.41) is 3.54. The Morgan fingerprint density at radius 2 is 1.86 bits per heavy atom. The van der Waals surface area contributed by atoms with E-state index in [1.165, 1.54) is 38.2 Å². The average molecular weight is 295 g/mol. The normalized spacial score (nSPS) is 14.0. The Bertz CT molecular complexity index is 408. The van der Waals surface area contributed by atoms with E-state index in [0.717, 1.165) is 17.7 Å². The monoisotopic (exact) mass is 295 g/mol. The van der Waals surface area contributed by atoms with Crippen molar-refractivity contribution < 1.29 is 9.13 Å². The fourth-order valence-corrected chi connectivity index (χ4v) is 2.70. The van der Waals surface area contributed by atoms with Gasteiger partial charge in [-0.05, 0) is 38.5 Å². The maximum absolute atomic E-state index is 13.4. The summed E-state index contributed by atoms with van der Waals surface area (Å²) in [6.45, 7) is 6.49. The molecule has 0 aromatic heterocycles. The molecule has 3 heteroatoms. The minimum atomic E-state index is -0.216. The van der Waals surface area contributed by atoms with Crippen LogP contribution in [0.3, 0.4) is 0 Å². The third kappa shape index (κ3) is 6.47. The topological polar surface area (TPSA) is 21.3 Å². The first-order valence-corrected chi connectivity index (χ1v) is 8.18. The van der Waals surface area contributed by atoms with Crippen molar-refractivity contribution >= 4 is 0 Å². The summed E-state index contributed by atoms with van der Waals surface area (Å²) in [7, 11) is 1.63. The zero-order valence-electron chi connectivity index (χ0n) is 13.9. The molecule has 0 bridgehead atoms. The van der Waals surface area contributed by atoms with E-state index in [0.29, 0.717) is 6.04 Å². The van der Waals surface area contributed by atoms with Crippen LogP contribution in [0.4, 0.5) is 4.39 Å². The zero-order valence-corrected chi connectivity index (χ0v) is 13.9. The van der Waals surface area contributed by atoms with Gasteiger partial charge in [-0.3, -0.25) is 0 Å². The van der Waals surface area contributed by atoms with Crippen molar-refractivity contribution in [1.29, 1.82) is 0 Å². The van der Waals surface area contributed by atoms with E-state index in [1.807, 2.05) is 0 Å². The summed E-state index contributed by atoms with van der Waals surface area (Å²) in [5.74, 6) is 0.526. The smallest absolute Gasteiger partial charge is 0.123 e. The molecule has 1 aromatic rings. The summed E-state index contributed by atoms with van der Waals surface area (Å²) in [5.41, 5.74) is 0.885. The number of hydrogen-bond acceptors (Lipinski definition) is 2. The predicted molar refractivity (Wildman–Crippen MR) is 87.3 cm³/mol. The Labute approximate surface area is 129 Å². The molecule has 2 atom stereocenters. The highest BCUT2D eigenvalue weighted by molar-refractivity contribution is 5.36. The van der Waals surface area contributed by atoms with Gasteiger partial charge in [-0.2, -0.15) is 0 Å². The first kappa shape index (κ1) is 18.0. The van der Waals surface area contributed by atoms with Gasteiger partial charge in [0.05, 0.1) is 7.11 Å². The summed E-state index contributed by atoms with van der Waals surface area (Å²) < 4.78 is 18.7. The second-order valence-corrected chi connectivity index (χ2v) is 5.88. The highest BCUT2D eigenvalue weighted by Crippen LogP contribution is 2.26. The predicted octanol–water partition coefficient (Wildman–Crippen LogP) is 5.23. The molecule has 0 heterocycles. The van der Waals surface area contributed by atoms with Gasteiger partial charge >= 0.3 is 0 Å². The van der Waals surface area contributed by atoms with Crippen molar-refractivity contribution in [2.24, 2.45) is 0 Å². The van der Waals surface area contributed by atoms with Crippen LogP contribution in [0.1, 0.15) is 70.9 Å². The molecule has 1 aromatic carbocycles. The lowest BCUT2D eigenvalue weighted by atomic mass is 10.0. The molecule has 0 radical (unpaired) electrons. The van der Waals surface area contributed by atoms with Crippen LogP contribution < -0.4 is 10.1 Å². The van der Waals surface area contributed by atoms with Crippen LogP contribution in [0.2, 0.25) is 0 Å². The number of methoxy groups -OCH3 is 1. The summed E-state index contributed by atoms with van der Waals surface area (Å²) in [6, 6.07) is 5.20. The van der Waals surface area contributed by atoms with Crippen LogP contribution in [0, 0.1) is 5.82 Å².